The molecule has 2 atom stereocenters. The predicted molar refractivity (Wildman–Crippen MR) is 57.7 cm³/mol. The highest BCUT2D eigenvalue weighted by molar-refractivity contribution is 5.58. The summed E-state index contributed by atoms with van der Waals surface area (Å²) in [6, 6.07) is 1.09. The average molecular weight is 240 g/mol. The van der Waals surface area contributed by atoms with E-state index in [1.807, 2.05) is 4.98 Å². The van der Waals surface area contributed by atoms with Gasteiger partial charge in [-0.15, -0.1) is 0 Å². The van der Waals surface area contributed by atoms with Crippen LogP contribution in [-0.4, -0.2) is 28.2 Å². The Kier molecular flexibility index (Phi) is 4.53. The molecule has 92 valence electrons. The smallest absolute Gasteiger partial charge is 0.330 e. The highest BCUT2D eigenvalue weighted by Crippen LogP contribution is 2.06. The van der Waals surface area contributed by atoms with Gasteiger partial charge in [-0.2, -0.15) is 0 Å². The Morgan fingerprint density at radius 1 is 1.41 bits per heavy atom. The van der Waals surface area contributed by atoms with Gasteiger partial charge in [-0.25, -0.2) is 4.79 Å². The van der Waals surface area contributed by atoms with Crippen molar-refractivity contribution in [1.82, 2.24) is 9.55 Å². The molecule has 1 heterocycles. The van der Waals surface area contributed by atoms with Crippen molar-refractivity contribution in [2.75, 3.05) is 0 Å². The molecule has 0 saturated heterocycles. The molecule has 7 heteroatoms. The molecular formula is C10H12N2O5. The molecule has 0 aliphatic rings. The van der Waals surface area contributed by atoms with E-state index in [1.54, 1.807) is 6.92 Å². The molecule has 0 radical (unpaired) electrons. The van der Waals surface area contributed by atoms with E-state index in [0.717, 1.165) is 16.8 Å². The summed E-state index contributed by atoms with van der Waals surface area (Å²) in [7, 11) is 0. The maximum Gasteiger partial charge on any atom is 0.330 e. The van der Waals surface area contributed by atoms with Crippen LogP contribution in [0.1, 0.15) is 19.6 Å². The van der Waals surface area contributed by atoms with Crippen LogP contribution in [0.4, 0.5) is 0 Å². The van der Waals surface area contributed by atoms with Gasteiger partial charge >= 0.3 is 5.69 Å². The highest BCUT2D eigenvalue weighted by Gasteiger charge is 2.16. The standard InChI is InChI=1S/C10H12N2O5/c1-2-7(5-13)17-9(6-14)12-4-3-8(15)11-10(12)16/h3-7,9H,2H2,1H3,(H,11,15,16)/t7-,9-/m1/s1. The van der Waals surface area contributed by atoms with Gasteiger partial charge < -0.3 is 9.53 Å². The summed E-state index contributed by atoms with van der Waals surface area (Å²) in [6.45, 7) is 1.70. The SMILES string of the molecule is CC[C@H](C=O)O[C@H](C=O)n1ccc(=O)[nH]c1=O. The lowest BCUT2D eigenvalue weighted by Crippen LogP contribution is -2.35. The van der Waals surface area contributed by atoms with Crippen molar-refractivity contribution in [3.63, 3.8) is 0 Å². The van der Waals surface area contributed by atoms with Crippen molar-refractivity contribution >= 4 is 12.6 Å². The average Bonchev–Trinajstić information content (AvgIpc) is 2.32. The van der Waals surface area contributed by atoms with Gasteiger partial charge in [-0.1, -0.05) is 6.92 Å². The fourth-order valence-electron chi connectivity index (χ4n) is 1.19. The Morgan fingerprint density at radius 3 is 2.59 bits per heavy atom. The molecular weight excluding hydrogens is 228 g/mol. The zero-order valence-electron chi connectivity index (χ0n) is 9.16. The van der Waals surface area contributed by atoms with Crippen molar-refractivity contribution < 1.29 is 14.3 Å². The summed E-state index contributed by atoms with van der Waals surface area (Å²) >= 11 is 0. The molecule has 0 spiro atoms. The van der Waals surface area contributed by atoms with Crippen LogP contribution < -0.4 is 11.2 Å². The quantitative estimate of drug-likeness (QED) is 0.658. The molecule has 0 fully saturated rings. The minimum absolute atomic E-state index is 0.381. The summed E-state index contributed by atoms with van der Waals surface area (Å²) in [5, 5.41) is 0. The molecule has 7 nitrogen and oxygen atoms in total. The van der Waals surface area contributed by atoms with Gasteiger partial charge in [-0.3, -0.25) is 19.1 Å². The molecule has 1 aromatic rings. The van der Waals surface area contributed by atoms with E-state index >= 15 is 0 Å². The predicted octanol–water partition coefficient (Wildman–Crippen LogP) is -0.772. The lowest BCUT2D eigenvalue weighted by Gasteiger charge is -2.17. The van der Waals surface area contributed by atoms with Crippen LogP contribution in [0.15, 0.2) is 21.9 Å². The first-order valence-electron chi connectivity index (χ1n) is 5.00. The van der Waals surface area contributed by atoms with Crippen molar-refractivity contribution in [2.45, 2.75) is 25.7 Å². The van der Waals surface area contributed by atoms with Gasteiger partial charge in [0, 0.05) is 12.3 Å². The normalized spacial score (nSPS) is 13.9. The number of aldehydes is 2. The van der Waals surface area contributed by atoms with Gasteiger partial charge in [-0.05, 0) is 6.42 Å². The number of carbonyl (C=O) groups excluding carboxylic acids is 2. The van der Waals surface area contributed by atoms with Gasteiger partial charge in [0.1, 0.15) is 12.4 Å². The van der Waals surface area contributed by atoms with Crippen LogP contribution in [0.2, 0.25) is 0 Å². The second-order valence-electron chi connectivity index (χ2n) is 3.26. The van der Waals surface area contributed by atoms with Crippen molar-refractivity contribution in [3.05, 3.63) is 33.1 Å². The topological polar surface area (TPSA) is 98.2 Å². The number of aromatic nitrogens is 2. The van der Waals surface area contributed by atoms with Crippen molar-refractivity contribution in [3.8, 4) is 0 Å². The fourth-order valence-corrected chi connectivity index (χ4v) is 1.19. The Hall–Kier alpha value is -2.02. The van der Waals surface area contributed by atoms with Crippen LogP contribution in [0, 0.1) is 0 Å². The minimum atomic E-state index is -1.23. The van der Waals surface area contributed by atoms with Crippen molar-refractivity contribution in [2.24, 2.45) is 0 Å². The van der Waals surface area contributed by atoms with E-state index < -0.39 is 23.6 Å². The van der Waals surface area contributed by atoms with E-state index in [1.165, 1.54) is 0 Å². The largest absolute Gasteiger partial charge is 0.340 e. The zero-order valence-corrected chi connectivity index (χ0v) is 9.16. The van der Waals surface area contributed by atoms with Crippen LogP contribution in [0.5, 0.6) is 0 Å². The molecule has 1 rings (SSSR count). The monoisotopic (exact) mass is 240 g/mol. The summed E-state index contributed by atoms with van der Waals surface area (Å²) < 4.78 is 6.01. The second-order valence-corrected chi connectivity index (χ2v) is 3.26. The Labute approximate surface area is 96.0 Å². The van der Waals surface area contributed by atoms with Crippen LogP contribution in [0.25, 0.3) is 0 Å². The van der Waals surface area contributed by atoms with Gasteiger partial charge in [0.25, 0.3) is 5.56 Å². The molecule has 0 aromatic carbocycles. The lowest BCUT2D eigenvalue weighted by atomic mass is 10.3. The Bertz CT molecular complexity index is 504. The number of carbonyl (C=O) groups is 2. The Balaban J connectivity index is 3.01. The second kappa shape index (κ2) is 5.90. The number of hydrogen-bond acceptors (Lipinski definition) is 5. The number of aromatic amines is 1. The molecule has 0 amide bonds. The number of hydrogen-bond donors (Lipinski definition) is 1. The van der Waals surface area contributed by atoms with E-state index in [9.17, 15) is 19.2 Å². The third-order valence-corrected chi connectivity index (χ3v) is 2.11. The summed E-state index contributed by atoms with van der Waals surface area (Å²) in [5.41, 5.74) is -1.34. The third-order valence-electron chi connectivity index (χ3n) is 2.11. The first-order valence-corrected chi connectivity index (χ1v) is 5.00. The van der Waals surface area contributed by atoms with E-state index in [2.05, 4.69) is 0 Å². The van der Waals surface area contributed by atoms with Crippen molar-refractivity contribution in [1.29, 1.82) is 0 Å². The maximum absolute atomic E-state index is 11.4. The summed E-state index contributed by atoms with van der Waals surface area (Å²) in [4.78, 5) is 45.6. The molecule has 0 aliphatic heterocycles. The molecule has 1 N–H and O–H groups in total. The minimum Gasteiger partial charge on any atom is -0.340 e. The number of rotatable bonds is 6. The van der Waals surface area contributed by atoms with Gasteiger partial charge in [0.05, 0.1) is 0 Å². The third kappa shape index (κ3) is 3.22. The molecule has 0 aliphatic carbocycles. The van der Waals surface area contributed by atoms with E-state index in [4.69, 9.17) is 4.74 Å². The molecule has 1 aromatic heterocycles. The molecule has 0 unspecified atom stereocenters. The Morgan fingerprint density at radius 2 is 2.12 bits per heavy atom. The number of nitrogens with one attached hydrogen (secondary N) is 1. The first-order chi connectivity index (χ1) is 8.12. The van der Waals surface area contributed by atoms with Crippen LogP contribution in [-0.2, 0) is 14.3 Å². The number of H-pyrrole nitrogens is 1. The molecule has 0 saturated carbocycles. The summed E-state index contributed by atoms with van der Waals surface area (Å²) in [5.74, 6) is 0. The lowest BCUT2D eigenvalue weighted by molar-refractivity contribution is -0.137. The van der Waals surface area contributed by atoms with Gasteiger partial charge in [0.15, 0.2) is 12.5 Å². The number of ether oxygens (including phenoxy) is 1. The first kappa shape index (κ1) is 13.0. The van der Waals surface area contributed by atoms with Crippen LogP contribution >= 0.6 is 0 Å². The zero-order chi connectivity index (χ0) is 12.8. The summed E-state index contributed by atoms with van der Waals surface area (Å²) in [6.07, 6.45) is 0.446. The van der Waals surface area contributed by atoms with E-state index in [0.29, 0.717) is 19.0 Å². The number of nitrogens with zero attached hydrogens (tertiary/aromatic N) is 1. The van der Waals surface area contributed by atoms with E-state index in [-0.39, 0.29) is 0 Å². The highest BCUT2D eigenvalue weighted by atomic mass is 16.5. The molecule has 17 heavy (non-hydrogen) atoms. The molecule has 0 bridgehead atoms. The maximum atomic E-state index is 11.4. The fraction of sp³-hybridized carbons (Fsp3) is 0.400. The van der Waals surface area contributed by atoms with Crippen LogP contribution in [0.3, 0.4) is 0 Å². The van der Waals surface area contributed by atoms with Gasteiger partial charge in [0.2, 0.25) is 0 Å².